The van der Waals surface area contributed by atoms with E-state index >= 15 is 0 Å². The fourth-order valence-electron chi connectivity index (χ4n) is 1.02. The molecule has 1 amide bonds. The van der Waals surface area contributed by atoms with Gasteiger partial charge in [-0.1, -0.05) is 29.8 Å². The zero-order valence-corrected chi connectivity index (χ0v) is 7.37. The Hall–Kier alpha value is -1.31. The van der Waals surface area contributed by atoms with Gasteiger partial charge in [0.25, 0.3) is 0 Å². The van der Waals surface area contributed by atoms with Crippen LogP contribution in [-0.2, 0) is 4.79 Å². The van der Waals surface area contributed by atoms with Crippen LogP contribution in [0.4, 0.5) is 0 Å². The van der Waals surface area contributed by atoms with Crippen molar-refractivity contribution in [3.05, 3.63) is 35.4 Å². The molecule has 0 aliphatic heterocycles. The highest BCUT2D eigenvalue weighted by molar-refractivity contribution is 5.81. The van der Waals surface area contributed by atoms with Gasteiger partial charge in [0.1, 0.15) is 0 Å². The lowest BCUT2D eigenvalue weighted by Gasteiger charge is -2.06. The molecular weight excluding hydrogens is 150 g/mol. The monoisotopic (exact) mass is 163 g/mol. The molecule has 0 aliphatic carbocycles. The molecule has 0 radical (unpaired) electrons. The Morgan fingerprint density at radius 3 is 2.25 bits per heavy atom. The number of amides is 1. The van der Waals surface area contributed by atoms with Gasteiger partial charge in [0, 0.05) is 0 Å². The topological polar surface area (TPSA) is 43.1 Å². The van der Waals surface area contributed by atoms with E-state index in [9.17, 15) is 4.79 Å². The predicted molar refractivity (Wildman–Crippen MR) is 48.8 cm³/mol. The predicted octanol–water partition coefficient (Wildman–Crippen LogP) is 1.58. The minimum absolute atomic E-state index is 0.189. The lowest BCUT2D eigenvalue weighted by Crippen LogP contribution is -2.18. The molecular formula is C10H13NO. The van der Waals surface area contributed by atoms with Gasteiger partial charge in [-0.05, 0) is 19.4 Å². The minimum atomic E-state index is -0.279. The zero-order valence-electron chi connectivity index (χ0n) is 7.37. The molecule has 2 N–H and O–H groups in total. The molecule has 0 saturated carbocycles. The van der Waals surface area contributed by atoms with Gasteiger partial charge >= 0.3 is 0 Å². The van der Waals surface area contributed by atoms with E-state index in [4.69, 9.17) is 5.73 Å². The number of benzene rings is 1. The van der Waals surface area contributed by atoms with Gasteiger partial charge in [0.2, 0.25) is 5.91 Å². The fourth-order valence-corrected chi connectivity index (χ4v) is 1.02. The van der Waals surface area contributed by atoms with Crippen molar-refractivity contribution in [2.45, 2.75) is 19.8 Å². The van der Waals surface area contributed by atoms with Crippen LogP contribution in [0.25, 0.3) is 0 Å². The first-order valence-electron chi connectivity index (χ1n) is 3.97. The van der Waals surface area contributed by atoms with E-state index in [1.807, 2.05) is 38.1 Å². The Kier molecular flexibility index (Phi) is 2.48. The Bertz CT molecular complexity index is 276. The summed E-state index contributed by atoms with van der Waals surface area (Å²) < 4.78 is 0. The molecule has 1 atom stereocenters. The fraction of sp³-hybridized carbons (Fsp3) is 0.300. The van der Waals surface area contributed by atoms with Crippen molar-refractivity contribution >= 4 is 5.91 Å². The van der Waals surface area contributed by atoms with Gasteiger partial charge < -0.3 is 5.73 Å². The quantitative estimate of drug-likeness (QED) is 0.706. The smallest absolute Gasteiger partial charge is 0.224 e. The van der Waals surface area contributed by atoms with Crippen molar-refractivity contribution in [2.75, 3.05) is 0 Å². The van der Waals surface area contributed by atoms with Crippen molar-refractivity contribution in [2.24, 2.45) is 5.73 Å². The van der Waals surface area contributed by atoms with Crippen LogP contribution in [-0.4, -0.2) is 5.91 Å². The van der Waals surface area contributed by atoms with Crippen LogP contribution in [0.3, 0.4) is 0 Å². The summed E-state index contributed by atoms with van der Waals surface area (Å²) in [5.41, 5.74) is 7.34. The maximum Gasteiger partial charge on any atom is 0.224 e. The second kappa shape index (κ2) is 3.39. The molecule has 64 valence electrons. The molecule has 0 spiro atoms. The number of aryl methyl sites for hydroxylation is 1. The standard InChI is InChI=1S/C10H13NO/c1-7-3-5-9(6-4-7)8(2)10(11)12/h3-6,8H,1-2H3,(H2,11,12)/t8-/m1/s1. The van der Waals surface area contributed by atoms with Crippen LogP contribution in [0.2, 0.25) is 0 Å². The molecule has 1 aromatic rings. The summed E-state index contributed by atoms with van der Waals surface area (Å²) in [6.45, 7) is 3.83. The SMILES string of the molecule is Cc1ccc([C@@H](C)C(N)=O)cc1. The number of primary amides is 1. The summed E-state index contributed by atoms with van der Waals surface area (Å²) in [5, 5.41) is 0. The normalized spacial score (nSPS) is 12.5. The Morgan fingerprint density at radius 1 is 1.33 bits per heavy atom. The molecule has 1 aromatic carbocycles. The summed E-state index contributed by atoms with van der Waals surface area (Å²) in [4.78, 5) is 10.8. The molecule has 0 unspecified atom stereocenters. The van der Waals surface area contributed by atoms with Crippen LogP contribution >= 0.6 is 0 Å². The van der Waals surface area contributed by atoms with Crippen LogP contribution < -0.4 is 5.73 Å². The summed E-state index contributed by atoms with van der Waals surface area (Å²) in [6, 6.07) is 7.83. The first kappa shape index (κ1) is 8.78. The van der Waals surface area contributed by atoms with Crippen LogP contribution in [0.1, 0.15) is 24.0 Å². The number of hydrogen-bond acceptors (Lipinski definition) is 1. The lowest BCUT2D eigenvalue weighted by molar-refractivity contribution is -0.119. The third kappa shape index (κ3) is 1.84. The largest absolute Gasteiger partial charge is 0.369 e. The second-order valence-electron chi connectivity index (χ2n) is 3.03. The highest BCUT2D eigenvalue weighted by Crippen LogP contribution is 2.14. The first-order valence-corrected chi connectivity index (χ1v) is 3.97. The Labute approximate surface area is 72.4 Å². The molecule has 12 heavy (non-hydrogen) atoms. The highest BCUT2D eigenvalue weighted by Gasteiger charge is 2.09. The van der Waals surface area contributed by atoms with E-state index in [0.29, 0.717) is 0 Å². The number of rotatable bonds is 2. The number of hydrogen-bond donors (Lipinski definition) is 1. The van der Waals surface area contributed by atoms with E-state index in [1.165, 1.54) is 5.56 Å². The molecule has 0 fully saturated rings. The zero-order chi connectivity index (χ0) is 9.14. The number of carbonyl (C=O) groups excluding carboxylic acids is 1. The maximum atomic E-state index is 10.8. The summed E-state index contributed by atoms with van der Waals surface area (Å²) in [7, 11) is 0. The second-order valence-corrected chi connectivity index (χ2v) is 3.03. The van der Waals surface area contributed by atoms with Crippen LogP contribution in [0, 0.1) is 6.92 Å². The van der Waals surface area contributed by atoms with Crippen molar-refractivity contribution < 1.29 is 4.79 Å². The van der Waals surface area contributed by atoms with Crippen molar-refractivity contribution in [1.29, 1.82) is 0 Å². The van der Waals surface area contributed by atoms with E-state index < -0.39 is 0 Å². The molecule has 2 nitrogen and oxygen atoms in total. The molecule has 0 heterocycles. The van der Waals surface area contributed by atoms with Gasteiger partial charge in [-0.25, -0.2) is 0 Å². The maximum absolute atomic E-state index is 10.8. The Morgan fingerprint density at radius 2 is 1.83 bits per heavy atom. The number of nitrogens with two attached hydrogens (primary N) is 1. The third-order valence-electron chi connectivity index (χ3n) is 2.00. The first-order chi connectivity index (χ1) is 5.61. The average molecular weight is 163 g/mol. The van der Waals surface area contributed by atoms with Crippen molar-refractivity contribution in [1.82, 2.24) is 0 Å². The average Bonchev–Trinajstić information content (AvgIpc) is 2.04. The van der Waals surface area contributed by atoms with Crippen LogP contribution in [0.5, 0.6) is 0 Å². The van der Waals surface area contributed by atoms with E-state index in [-0.39, 0.29) is 11.8 Å². The molecule has 0 aliphatic rings. The van der Waals surface area contributed by atoms with Crippen molar-refractivity contribution in [3.8, 4) is 0 Å². The molecule has 0 bridgehead atoms. The lowest BCUT2D eigenvalue weighted by atomic mass is 10.00. The molecule has 1 rings (SSSR count). The van der Waals surface area contributed by atoms with Crippen molar-refractivity contribution in [3.63, 3.8) is 0 Å². The van der Waals surface area contributed by atoms with E-state index in [1.54, 1.807) is 0 Å². The minimum Gasteiger partial charge on any atom is -0.369 e. The van der Waals surface area contributed by atoms with Gasteiger partial charge in [0.05, 0.1) is 5.92 Å². The summed E-state index contributed by atoms with van der Waals surface area (Å²) >= 11 is 0. The molecule has 0 aromatic heterocycles. The van der Waals surface area contributed by atoms with E-state index in [2.05, 4.69) is 0 Å². The third-order valence-corrected chi connectivity index (χ3v) is 2.00. The molecule has 2 heteroatoms. The van der Waals surface area contributed by atoms with Gasteiger partial charge in [-0.3, -0.25) is 4.79 Å². The summed E-state index contributed by atoms with van der Waals surface area (Å²) in [5.74, 6) is -0.468. The van der Waals surface area contributed by atoms with Crippen LogP contribution in [0.15, 0.2) is 24.3 Å². The van der Waals surface area contributed by atoms with Gasteiger partial charge in [-0.15, -0.1) is 0 Å². The highest BCUT2D eigenvalue weighted by atomic mass is 16.1. The summed E-state index contributed by atoms with van der Waals surface area (Å²) in [6.07, 6.45) is 0. The van der Waals surface area contributed by atoms with Gasteiger partial charge in [0.15, 0.2) is 0 Å². The number of carbonyl (C=O) groups is 1. The Balaban J connectivity index is 2.89. The van der Waals surface area contributed by atoms with Gasteiger partial charge in [-0.2, -0.15) is 0 Å². The van der Waals surface area contributed by atoms with E-state index in [0.717, 1.165) is 5.56 Å². The molecule has 0 saturated heterocycles.